The van der Waals surface area contributed by atoms with Crippen LogP contribution >= 0.6 is 0 Å². The van der Waals surface area contributed by atoms with E-state index in [4.69, 9.17) is 62.1 Å². The lowest BCUT2D eigenvalue weighted by atomic mass is 9.96. The second-order valence-corrected chi connectivity index (χ2v) is 30.1. The van der Waals surface area contributed by atoms with Crippen molar-refractivity contribution in [1.82, 2.24) is 85.1 Å². The van der Waals surface area contributed by atoms with E-state index < -0.39 is 192 Å². The Morgan fingerprint density at radius 2 is 0.672 bits per heavy atom. The predicted molar refractivity (Wildman–Crippen MR) is 457 cm³/mol. The highest BCUT2D eigenvalue weighted by molar-refractivity contribution is 6.00. The molecular formula is C80H129N27O15. The summed E-state index contributed by atoms with van der Waals surface area (Å²) in [7, 11) is 0. The van der Waals surface area contributed by atoms with E-state index in [9.17, 15) is 71.9 Å². The Morgan fingerprint density at radius 1 is 0.336 bits per heavy atom. The minimum absolute atomic E-state index is 0.0268. The minimum Gasteiger partial charge on any atom is -0.370 e. The van der Waals surface area contributed by atoms with Crippen molar-refractivity contribution in [2.45, 2.75) is 223 Å². The Morgan fingerprint density at radius 3 is 1.07 bits per heavy atom. The van der Waals surface area contributed by atoms with Gasteiger partial charge in [-0.1, -0.05) is 125 Å². The van der Waals surface area contributed by atoms with Gasteiger partial charge < -0.3 is 131 Å². The molecule has 35 N–H and O–H groups in total. The van der Waals surface area contributed by atoms with Gasteiger partial charge in [0.05, 0.1) is 25.6 Å². The van der Waals surface area contributed by atoms with Crippen LogP contribution in [0.15, 0.2) is 91.0 Å². The molecule has 0 bridgehead atoms. The molecule has 0 radical (unpaired) electrons. The van der Waals surface area contributed by atoms with Gasteiger partial charge in [-0.3, -0.25) is 88.1 Å². The van der Waals surface area contributed by atoms with Crippen LogP contribution in [0.25, 0.3) is 0 Å². The molecule has 42 heteroatoms. The third-order valence-electron chi connectivity index (χ3n) is 19.3. The number of benzene rings is 3. The predicted octanol–water partition coefficient (Wildman–Crippen LogP) is -5.87. The zero-order valence-electron chi connectivity index (χ0n) is 70.2. The van der Waals surface area contributed by atoms with E-state index in [1.807, 2.05) is 0 Å². The zero-order valence-corrected chi connectivity index (χ0v) is 70.2. The smallest absolute Gasteiger partial charge is 0.243 e. The number of rotatable bonds is 59. The van der Waals surface area contributed by atoms with E-state index in [-0.39, 0.29) is 140 Å². The van der Waals surface area contributed by atoms with Crippen molar-refractivity contribution in [3.8, 4) is 0 Å². The Labute approximate surface area is 710 Å². The summed E-state index contributed by atoms with van der Waals surface area (Å²) >= 11 is 0. The highest BCUT2D eigenvalue weighted by Crippen LogP contribution is 2.16. The maximum atomic E-state index is 14.7. The zero-order chi connectivity index (χ0) is 90.8. The minimum atomic E-state index is -1.61. The van der Waals surface area contributed by atoms with Crippen molar-refractivity contribution in [3.63, 3.8) is 0 Å². The van der Waals surface area contributed by atoms with Crippen molar-refractivity contribution < 1.29 is 71.9 Å². The highest BCUT2D eigenvalue weighted by atomic mass is 16.2. The van der Waals surface area contributed by atoms with Gasteiger partial charge in [0.25, 0.3) is 0 Å². The van der Waals surface area contributed by atoms with Crippen molar-refractivity contribution in [2.24, 2.45) is 57.7 Å². The van der Waals surface area contributed by atoms with Gasteiger partial charge in [0.15, 0.2) is 17.9 Å². The first-order valence-corrected chi connectivity index (χ1v) is 40.9. The molecule has 674 valence electrons. The van der Waals surface area contributed by atoms with Gasteiger partial charge in [0.2, 0.25) is 88.6 Å². The lowest BCUT2D eigenvalue weighted by Gasteiger charge is -2.29. The number of carbonyl (C=O) groups excluding carboxylic acids is 15. The van der Waals surface area contributed by atoms with Gasteiger partial charge >= 0.3 is 0 Å². The summed E-state index contributed by atoms with van der Waals surface area (Å²) in [5.41, 5.74) is 47.2. The van der Waals surface area contributed by atoms with Crippen LogP contribution in [-0.4, -0.2) is 225 Å². The fraction of sp³-hybridized carbons (Fsp3) is 0.550. The summed E-state index contributed by atoms with van der Waals surface area (Å²) in [6.07, 6.45) is 0.707. The van der Waals surface area contributed by atoms with Crippen LogP contribution in [0.2, 0.25) is 0 Å². The Balaban J connectivity index is 1.89. The average molecular weight is 1710 g/mol. The van der Waals surface area contributed by atoms with Gasteiger partial charge in [-0.15, -0.1) is 0 Å². The maximum absolute atomic E-state index is 14.7. The topological polar surface area (TPSA) is 728 Å². The number of primary amides is 2. The lowest BCUT2D eigenvalue weighted by molar-refractivity contribution is -0.136. The molecule has 0 unspecified atom stereocenters. The number of guanidine groups is 3. The Kier molecular flexibility index (Phi) is 48.2. The van der Waals surface area contributed by atoms with Gasteiger partial charge in [0, 0.05) is 32.5 Å². The third-order valence-corrected chi connectivity index (χ3v) is 19.3. The van der Waals surface area contributed by atoms with Crippen LogP contribution in [0.1, 0.15) is 148 Å². The monoisotopic (exact) mass is 1710 g/mol. The fourth-order valence-corrected chi connectivity index (χ4v) is 12.5. The van der Waals surface area contributed by atoms with E-state index in [1.54, 1.807) is 119 Å². The van der Waals surface area contributed by atoms with Gasteiger partial charge in [0.1, 0.15) is 66.5 Å². The van der Waals surface area contributed by atoms with Crippen LogP contribution in [0.5, 0.6) is 0 Å². The molecule has 3 rings (SSSR count). The van der Waals surface area contributed by atoms with Gasteiger partial charge in [-0.25, -0.2) is 0 Å². The molecule has 0 aliphatic heterocycles. The first-order chi connectivity index (χ1) is 57.9. The molecule has 0 spiro atoms. The number of nitrogens with one attached hydrogen (secondary N) is 19. The normalized spacial score (nSPS) is 14.1. The number of unbranched alkanes of at least 4 members (excludes halogenated alkanes) is 2. The number of amides is 15. The SMILES string of the molecule is CC[C@H](C)[C@H](NC(=O)[C@H](CCCCN)NC(=O)[C@H](CCCNC(=N)N)NC(=O)CNC(=O)[C@H](C)NC(=O)[C@H](CCCCN)NC(=O)[C@H](CC(C)C)NC(=O)[C@H](CCCNC(=N)N)NC(=O)[C@H](Cc1ccccc1)NC(=O)[C@H](CC(N)=O)NC(=O)[C@@H](N)Cc1ccccc1)C(=O)N[C@@H](CCCNC(=N)N)C(=O)N[C@@H](Cc1ccccc1)C(=O)NCC(N)=O. The van der Waals surface area contributed by atoms with E-state index in [0.717, 1.165) is 0 Å². The molecule has 13 atom stereocenters. The summed E-state index contributed by atoms with van der Waals surface area (Å²) in [6.45, 7) is 7.47. The molecule has 0 aliphatic carbocycles. The van der Waals surface area contributed by atoms with Crippen LogP contribution in [-0.2, 0) is 91.2 Å². The summed E-state index contributed by atoms with van der Waals surface area (Å²) in [5, 5.41) is 64.8. The number of hydrogen-bond acceptors (Lipinski definition) is 21. The quantitative estimate of drug-likeness (QED) is 0.0142. The molecule has 0 fully saturated rings. The fourth-order valence-electron chi connectivity index (χ4n) is 12.5. The van der Waals surface area contributed by atoms with E-state index in [2.05, 4.69) is 85.1 Å². The van der Waals surface area contributed by atoms with Crippen LogP contribution < -0.4 is 131 Å². The molecule has 0 saturated heterocycles. The summed E-state index contributed by atoms with van der Waals surface area (Å²) in [5.74, 6) is -15.1. The molecule has 3 aromatic rings. The second kappa shape index (κ2) is 56.8. The molecule has 3 aromatic carbocycles. The lowest BCUT2D eigenvalue weighted by Crippen LogP contribution is -2.61. The molecule has 0 aromatic heterocycles. The number of hydrogen-bond donors (Lipinski definition) is 27. The largest absolute Gasteiger partial charge is 0.370 e. The average Bonchev–Trinajstić information content (AvgIpc) is 0.851. The second-order valence-electron chi connectivity index (χ2n) is 30.1. The van der Waals surface area contributed by atoms with E-state index in [1.165, 1.54) is 6.92 Å². The number of carbonyl (C=O) groups is 15. The van der Waals surface area contributed by atoms with Crippen molar-refractivity contribution >= 4 is 106 Å². The molecule has 0 saturated carbocycles. The summed E-state index contributed by atoms with van der Waals surface area (Å²) in [6, 6.07) is 9.12. The van der Waals surface area contributed by atoms with Crippen molar-refractivity contribution in [1.29, 1.82) is 16.2 Å². The van der Waals surface area contributed by atoms with E-state index in [0.29, 0.717) is 36.0 Å². The third kappa shape index (κ3) is 41.9. The van der Waals surface area contributed by atoms with Crippen molar-refractivity contribution in [2.75, 3.05) is 45.8 Å². The first-order valence-electron chi connectivity index (χ1n) is 40.9. The van der Waals surface area contributed by atoms with Crippen LogP contribution in [0.4, 0.5) is 0 Å². The number of nitrogens with two attached hydrogens (primary N) is 8. The standard InChI is InChI=1S/C80H129N27O15/c1-6-47(4)65(77(122)102-57(33-22-38-94-80(90)91)72(117)105-59(68(113)95-44-63(85)109)41-50-25-12-8-13-26-50)107-73(118)55(30-17-19-35-82)99-70(115)53(31-20-36-92-78(86)87)98-64(110)45-96-66(111)48(5)97-69(114)54(29-16-18-34-81)100-74(119)58(39-46(2)3)104-71(116)56(32-21-37-93-79(88)89)101-75(120)60(42-51-27-14-9-15-28-51)106-76(121)61(43-62(84)108)103-67(112)52(83)40-49-23-10-7-11-24-49/h7-15,23-28,46-48,52-61,65H,6,16-22,29-45,81-83H2,1-5H3,(H2,84,108)(H2,85,109)(H,95,113)(H,96,111)(H,97,114)(H,98,110)(H,99,115)(H,100,119)(H,101,120)(H,102,122)(H,103,112)(H,104,116)(H,105,117)(H,106,121)(H,107,118)(H4,86,87,92)(H4,88,89,93)(H4,90,91,94)/t47-,48-,52-,53-,54-,55-,56-,57-,58-,59-,60-,61-,65-/m0/s1. The van der Waals surface area contributed by atoms with Crippen LogP contribution in [0, 0.1) is 28.1 Å². The summed E-state index contributed by atoms with van der Waals surface area (Å²) in [4.78, 5) is 209. The molecule has 15 amide bonds. The Bertz CT molecular complexity index is 3920. The van der Waals surface area contributed by atoms with E-state index >= 15 is 0 Å². The maximum Gasteiger partial charge on any atom is 0.243 e. The van der Waals surface area contributed by atoms with Gasteiger partial charge in [-0.2, -0.15) is 0 Å². The molecule has 0 heterocycles. The summed E-state index contributed by atoms with van der Waals surface area (Å²) < 4.78 is 0. The molecular weight excluding hydrogens is 1580 g/mol. The molecule has 122 heavy (non-hydrogen) atoms. The molecule has 0 aliphatic rings. The first kappa shape index (κ1) is 104. The van der Waals surface area contributed by atoms with Gasteiger partial charge in [-0.05, 0) is 138 Å². The highest BCUT2D eigenvalue weighted by Gasteiger charge is 2.38. The Hall–Kier alpha value is -12.6. The van der Waals surface area contributed by atoms with Crippen molar-refractivity contribution in [3.05, 3.63) is 108 Å². The van der Waals surface area contributed by atoms with Crippen LogP contribution in [0.3, 0.4) is 0 Å². The molecule has 42 nitrogen and oxygen atoms in total.